The first-order valence-corrected chi connectivity index (χ1v) is 9.89. The monoisotopic (exact) mass is 377 g/mol. The van der Waals surface area contributed by atoms with Crippen molar-refractivity contribution in [1.82, 2.24) is 10.2 Å². The topological polar surface area (TPSA) is 52.7 Å². The largest absolute Gasteiger partial charge is 0.334 e. The molecule has 2 heterocycles. The zero-order chi connectivity index (χ0) is 18.7. The predicted octanol–water partition coefficient (Wildman–Crippen LogP) is 2.93. The molecule has 2 unspecified atom stereocenters. The lowest BCUT2D eigenvalue weighted by atomic mass is 9.84. The standard InChI is InChI=1S/C20H28ClN3O2/c1-14(15-7-10-22-11-8-15)13-19(25)23(2)18-9-12-24(20(18)26)17-6-4-3-5-16(17)21/h3-6,14-15,18,22H,7-13H2,1-2H3. The highest BCUT2D eigenvalue weighted by Gasteiger charge is 2.38. The maximum Gasteiger partial charge on any atom is 0.249 e. The van der Waals surface area contributed by atoms with Crippen LogP contribution in [0.5, 0.6) is 0 Å². The Morgan fingerprint density at radius 2 is 2.00 bits per heavy atom. The summed E-state index contributed by atoms with van der Waals surface area (Å²) in [4.78, 5) is 29.0. The minimum Gasteiger partial charge on any atom is -0.334 e. The van der Waals surface area contributed by atoms with Crippen molar-refractivity contribution in [2.45, 2.75) is 38.6 Å². The van der Waals surface area contributed by atoms with Gasteiger partial charge in [0, 0.05) is 20.0 Å². The van der Waals surface area contributed by atoms with Gasteiger partial charge < -0.3 is 15.1 Å². The molecule has 5 nitrogen and oxygen atoms in total. The summed E-state index contributed by atoms with van der Waals surface area (Å²) in [6.07, 6.45) is 3.41. The fourth-order valence-electron chi connectivity index (χ4n) is 4.11. The van der Waals surface area contributed by atoms with Crippen LogP contribution in [0.15, 0.2) is 24.3 Å². The fourth-order valence-corrected chi connectivity index (χ4v) is 4.34. The van der Waals surface area contributed by atoms with Crippen molar-refractivity contribution < 1.29 is 9.59 Å². The number of nitrogens with one attached hydrogen (secondary N) is 1. The van der Waals surface area contributed by atoms with Gasteiger partial charge in [-0.1, -0.05) is 30.7 Å². The summed E-state index contributed by atoms with van der Waals surface area (Å²) in [6, 6.07) is 6.97. The van der Waals surface area contributed by atoms with Crippen molar-refractivity contribution in [1.29, 1.82) is 0 Å². The van der Waals surface area contributed by atoms with Crippen LogP contribution in [0.2, 0.25) is 5.02 Å². The van der Waals surface area contributed by atoms with Crippen LogP contribution in [0, 0.1) is 11.8 Å². The smallest absolute Gasteiger partial charge is 0.249 e. The molecule has 2 atom stereocenters. The molecule has 2 saturated heterocycles. The average Bonchev–Trinajstić information content (AvgIpc) is 3.03. The summed E-state index contributed by atoms with van der Waals surface area (Å²) in [5.74, 6) is 0.967. The van der Waals surface area contributed by atoms with Gasteiger partial charge in [0.25, 0.3) is 0 Å². The predicted molar refractivity (Wildman–Crippen MR) is 104 cm³/mol. The second kappa shape index (κ2) is 8.40. The number of carbonyl (C=O) groups is 2. The summed E-state index contributed by atoms with van der Waals surface area (Å²) in [7, 11) is 1.76. The van der Waals surface area contributed by atoms with Crippen molar-refractivity contribution in [3.05, 3.63) is 29.3 Å². The highest BCUT2D eigenvalue weighted by Crippen LogP contribution is 2.31. The summed E-state index contributed by atoms with van der Waals surface area (Å²) >= 11 is 6.23. The molecule has 2 fully saturated rings. The third kappa shape index (κ3) is 4.04. The quantitative estimate of drug-likeness (QED) is 0.858. The van der Waals surface area contributed by atoms with Gasteiger partial charge >= 0.3 is 0 Å². The Hall–Kier alpha value is -1.59. The summed E-state index contributed by atoms with van der Waals surface area (Å²) in [5, 5.41) is 3.93. The maximum absolute atomic E-state index is 12.9. The number of nitrogens with zero attached hydrogens (tertiary/aromatic N) is 2. The molecule has 0 radical (unpaired) electrons. The van der Waals surface area contributed by atoms with Gasteiger partial charge in [-0.05, 0) is 56.3 Å². The number of anilines is 1. The van der Waals surface area contributed by atoms with Gasteiger partial charge in [0.05, 0.1) is 10.7 Å². The molecule has 6 heteroatoms. The van der Waals surface area contributed by atoms with Crippen LogP contribution in [0.3, 0.4) is 0 Å². The molecule has 1 aromatic carbocycles. The number of para-hydroxylation sites is 1. The number of likely N-dealkylation sites (N-methyl/N-ethyl adjacent to an activating group) is 1. The third-order valence-electron chi connectivity index (χ3n) is 5.87. The van der Waals surface area contributed by atoms with Crippen LogP contribution in [-0.2, 0) is 9.59 Å². The first-order valence-electron chi connectivity index (χ1n) is 9.51. The van der Waals surface area contributed by atoms with E-state index in [0.717, 1.165) is 31.6 Å². The van der Waals surface area contributed by atoms with E-state index in [9.17, 15) is 9.59 Å². The molecule has 1 N–H and O–H groups in total. The Morgan fingerprint density at radius 3 is 2.69 bits per heavy atom. The summed E-state index contributed by atoms with van der Waals surface area (Å²) in [5.41, 5.74) is 0.727. The minimum atomic E-state index is -0.390. The van der Waals surface area contributed by atoms with Crippen LogP contribution >= 0.6 is 11.6 Å². The van der Waals surface area contributed by atoms with Crippen molar-refractivity contribution in [3.8, 4) is 0 Å². The third-order valence-corrected chi connectivity index (χ3v) is 6.19. The van der Waals surface area contributed by atoms with E-state index in [0.29, 0.717) is 36.2 Å². The average molecular weight is 378 g/mol. The highest BCUT2D eigenvalue weighted by molar-refractivity contribution is 6.34. The van der Waals surface area contributed by atoms with Crippen LogP contribution in [0.4, 0.5) is 5.69 Å². The molecule has 3 rings (SSSR count). The second-order valence-electron chi connectivity index (χ2n) is 7.52. The van der Waals surface area contributed by atoms with Gasteiger partial charge in [-0.25, -0.2) is 0 Å². The Balaban J connectivity index is 1.61. The molecular weight excluding hydrogens is 350 g/mol. The number of rotatable bonds is 5. The molecule has 0 saturated carbocycles. The van der Waals surface area contributed by atoms with Gasteiger partial charge in [0.15, 0.2) is 0 Å². The number of benzene rings is 1. The van der Waals surface area contributed by atoms with Gasteiger partial charge in [-0.2, -0.15) is 0 Å². The molecule has 142 valence electrons. The lowest BCUT2D eigenvalue weighted by Gasteiger charge is -2.30. The van der Waals surface area contributed by atoms with Crippen molar-refractivity contribution in [2.75, 3.05) is 31.6 Å². The lowest BCUT2D eigenvalue weighted by molar-refractivity contribution is -0.137. The van der Waals surface area contributed by atoms with E-state index < -0.39 is 0 Å². The zero-order valence-electron chi connectivity index (χ0n) is 15.6. The molecule has 26 heavy (non-hydrogen) atoms. The number of hydrogen-bond donors (Lipinski definition) is 1. The number of carbonyl (C=O) groups excluding carboxylic acids is 2. The van der Waals surface area contributed by atoms with Gasteiger partial charge in [-0.3, -0.25) is 9.59 Å². The fraction of sp³-hybridized carbons (Fsp3) is 0.600. The molecule has 0 bridgehead atoms. The molecule has 1 aromatic rings. The molecule has 0 aromatic heterocycles. The lowest BCUT2D eigenvalue weighted by Crippen LogP contribution is -2.44. The molecule has 0 spiro atoms. The minimum absolute atomic E-state index is 0.0385. The molecule has 2 amide bonds. The Kier molecular flexibility index (Phi) is 6.20. The highest BCUT2D eigenvalue weighted by atomic mass is 35.5. The number of piperidine rings is 1. The molecule has 2 aliphatic rings. The maximum atomic E-state index is 12.9. The van der Waals surface area contributed by atoms with Crippen LogP contribution in [-0.4, -0.2) is 49.4 Å². The van der Waals surface area contributed by atoms with E-state index in [1.807, 2.05) is 18.2 Å². The summed E-state index contributed by atoms with van der Waals surface area (Å²) < 4.78 is 0. The van der Waals surface area contributed by atoms with Crippen LogP contribution < -0.4 is 10.2 Å². The SMILES string of the molecule is CC(CC(=O)N(C)C1CCN(c2ccccc2Cl)C1=O)C1CCNCC1. The molecular formula is C20H28ClN3O2. The number of halogens is 1. The molecule has 2 aliphatic heterocycles. The van der Waals surface area contributed by atoms with Gasteiger partial charge in [0.1, 0.15) is 6.04 Å². The van der Waals surface area contributed by atoms with Crippen LogP contribution in [0.1, 0.15) is 32.6 Å². The molecule has 0 aliphatic carbocycles. The van der Waals surface area contributed by atoms with Gasteiger partial charge in [-0.15, -0.1) is 0 Å². The van der Waals surface area contributed by atoms with Crippen LogP contribution in [0.25, 0.3) is 0 Å². The van der Waals surface area contributed by atoms with E-state index in [1.165, 1.54) is 0 Å². The van der Waals surface area contributed by atoms with E-state index in [1.54, 1.807) is 22.9 Å². The zero-order valence-corrected chi connectivity index (χ0v) is 16.3. The number of amides is 2. The van der Waals surface area contributed by atoms with E-state index in [4.69, 9.17) is 11.6 Å². The van der Waals surface area contributed by atoms with E-state index in [2.05, 4.69) is 12.2 Å². The van der Waals surface area contributed by atoms with Crippen molar-refractivity contribution in [3.63, 3.8) is 0 Å². The van der Waals surface area contributed by atoms with Crippen molar-refractivity contribution in [2.24, 2.45) is 11.8 Å². The van der Waals surface area contributed by atoms with Crippen molar-refractivity contribution >= 4 is 29.1 Å². The number of hydrogen-bond acceptors (Lipinski definition) is 3. The first kappa shape index (κ1) is 19.2. The van der Waals surface area contributed by atoms with Gasteiger partial charge in [0.2, 0.25) is 11.8 Å². The second-order valence-corrected chi connectivity index (χ2v) is 7.93. The van der Waals surface area contributed by atoms with E-state index >= 15 is 0 Å². The Morgan fingerprint density at radius 1 is 1.31 bits per heavy atom. The Bertz CT molecular complexity index is 660. The van der Waals surface area contributed by atoms with E-state index in [-0.39, 0.29) is 17.9 Å². The normalized spacial score (nSPS) is 22.5. The summed E-state index contributed by atoms with van der Waals surface area (Å²) in [6.45, 7) is 4.82. The Labute approximate surface area is 160 Å². The first-order chi connectivity index (χ1) is 12.5.